The van der Waals surface area contributed by atoms with Crippen LogP contribution in [-0.2, 0) is 0 Å². The molecule has 0 saturated heterocycles. The molecule has 5 aromatic rings. The maximum absolute atomic E-state index is 3.05. The second kappa shape index (κ2) is 10.9. The second-order valence-electron chi connectivity index (χ2n) is 9.72. The third-order valence-electron chi connectivity index (χ3n) is 7.51. The van der Waals surface area contributed by atoms with Gasteiger partial charge in [-0.05, 0) is 0 Å². The van der Waals surface area contributed by atoms with Gasteiger partial charge < -0.3 is 0 Å². The van der Waals surface area contributed by atoms with E-state index < -0.39 is 26.5 Å². The Hall–Kier alpha value is -3.07. The summed E-state index contributed by atoms with van der Waals surface area (Å²) in [7, 11) is 0. The Morgan fingerprint density at radius 3 is 1.08 bits per heavy atom. The first-order valence-electron chi connectivity index (χ1n) is 12.6. The molecule has 0 radical (unpaired) electrons. The Bertz CT molecular complexity index is 1330. The van der Waals surface area contributed by atoms with Gasteiger partial charge in [0.15, 0.2) is 0 Å². The predicted molar refractivity (Wildman–Crippen MR) is 162 cm³/mol. The summed E-state index contributed by atoms with van der Waals surface area (Å²) in [5.74, 6) is 5.15. The topological polar surface area (TPSA) is 0 Å². The van der Waals surface area contributed by atoms with E-state index in [0.717, 1.165) is 0 Å². The first-order valence-corrected chi connectivity index (χ1v) is 23.3. The van der Waals surface area contributed by atoms with E-state index in [-0.39, 0.29) is 0 Å². The zero-order valence-electron chi connectivity index (χ0n) is 21.0. The van der Waals surface area contributed by atoms with Gasteiger partial charge in [-0.3, -0.25) is 0 Å². The summed E-state index contributed by atoms with van der Waals surface area (Å²) in [6.07, 6.45) is 0. The van der Waals surface area contributed by atoms with Gasteiger partial charge in [0, 0.05) is 0 Å². The van der Waals surface area contributed by atoms with Crippen LogP contribution in [0.15, 0.2) is 157 Å². The number of hydrogen-bond acceptors (Lipinski definition) is 0. The molecule has 0 unspecified atom stereocenters. The van der Waals surface area contributed by atoms with Gasteiger partial charge in [0.05, 0.1) is 0 Å². The van der Waals surface area contributed by atoms with Crippen LogP contribution in [0, 0.1) is 0 Å². The molecule has 36 heavy (non-hydrogen) atoms. The molecular weight excluding hydrogens is 554 g/mol. The SMILES string of the molecule is [CH3][Ge]([CH]=[C](c1ccccc1)[Ge]([CH3])([c]1ccccc1)[c]1ccccc1)([c]1ccccc1)[c]1ccccc1. The third kappa shape index (κ3) is 4.80. The molecule has 2 heteroatoms. The van der Waals surface area contributed by atoms with Crippen LogP contribution in [-0.4, -0.2) is 26.5 Å². The summed E-state index contributed by atoms with van der Waals surface area (Å²) in [6.45, 7) is 0. The van der Waals surface area contributed by atoms with Gasteiger partial charge in [-0.25, -0.2) is 0 Å². The molecule has 5 rings (SSSR count). The Kier molecular flexibility index (Phi) is 7.45. The van der Waals surface area contributed by atoms with Crippen LogP contribution in [0.25, 0.3) is 4.41 Å². The Labute approximate surface area is 221 Å². The summed E-state index contributed by atoms with van der Waals surface area (Å²) in [6, 6.07) is 56.2. The zero-order valence-corrected chi connectivity index (χ0v) is 25.2. The molecule has 0 spiro atoms. The average Bonchev–Trinajstić information content (AvgIpc) is 2.97. The van der Waals surface area contributed by atoms with E-state index in [4.69, 9.17) is 0 Å². The zero-order chi connectivity index (χ0) is 24.8. The molecule has 0 heterocycles. The van der Waals surface area contributed by atoms with Gasteiger partial charge in [-0.1, -0.05) is 0 Å². The molecule has 0 fully saturated rings. The van der Waals surface area contributed by atoms with Crippen molar-refractivity contribution in [3.05, 3.63) is 162 Å². The van der Waals surface area contributed by atoms with E-state index in [1.165, 1.54) is 23.1 Å². The molecule has 0 aliphatic carbocycles. The molecule has 0 aromatic heterocycles. The Morgan fingerprint density at radius 2 is 0.722 bits per heavy atom. The van der Waals surface area contributed by atoms with Crippen molar-refractivity contribution in [3.63, 3.8) is 0 Å². The molecule has 0 saturated carbocycles. The summed E-state index contributed by atoms with van der Waals surface area (Å²) in [5.41, 5.74) is 1.36. The van der Waals surface area contributed by atoms with Crippen molar-refractivity contribution in [1.29, 1.82) is 0 Å². The molecule has 0 N–H and O–H groups in total. The van der Waals surface area contributed by atoms with Crippen LogP contribution in [0.4, 0.5) is 0 Å². The summed E-state index contributed by atoms with van der Waals surface area (Å²) in [4.78, 5) is 2.78. The first kappa shape index (κ1) is 24.6. The van der Waals surface area contributed by atoms with Gasteiger partial charge in [0.2, 0.25) is 0 Å². The normalized spacial score (nSPS) is 12.3. The van der Waals surface area contributed by atoms with E-state index in [1.807, 2.05) is 0 Å². The standard InChI is InChI=1S/C34H32Ge2/c1-35(30-20-10-4-11-21-30,31-22-12-5-13-23-31)28-34(29-18-8-3-9-19-29)36(2,32-24-14-6-15-25-32)33-26-16-7-17-27-33/h3-28H,1-2H3. The van der Waals surface area contributed by atoms with Gasteiger partial charge in [-0.15, -0.1) is 0 Å². The number of benzene rings is 5. The van der Waals surface area contributed by atoms with E-state index in [1.54, 1.807) is 4.41 Å². The molecule has 0 amide bonds. The maximum atomic E-state index is 2.78. The molecule has 176 valence electrons. The Morgan fingerprint density at radius 1 is 0.417 bits per heavy atom. The van der Waals surface area contributed by atoms with Crippen LogP contribution < -0.4 is 17.6 Å². The van der Waals surface area contributed by atoms with Crippen molar-refractivity contribution < 1.29 is 0 Å². The van der Waals surface area contributed by atoms with Gasteiger partial charge in [-0.2, -0.15) is 0 Å². The Balaban J connectivity index is 1.87. The summed E-state index contributed by atoms with van der Waals surface area (Å²) in [5, 5.41) is 0. The van der Waals surface area contributed by atoms with Crippen molar-refractivity contribution in [2.75, 3.05) is 0 Å². The van der Waals surface area contributed by atoms with Gasteiger partial charge in [0.25, 0.3) is 0 Å². The molecule has 0 bridgehead atoms. The van der Waals surface area contributed by atoms with Crippen molar-refractivity contribution in [3.8, 4) is 0 Å². The quantitative estimate of drug-likeness (QED) is 0.208. The molecular formula is C34H32Ge2. The van der Waals surface area contributed by atoms with Gasteiger partial charge >= 0.3 is 222 Å². The van der Waals surface area contributed by atoms with E-state index in [2.05, 4.69) is 168 Å². The number of hydrogen-bond donors (Lipinski definition) is 0. The van der Waals surface area contributed by atoms with Crippen LogP contribution in [0.2, 0.25) is 11.5 Å². The number of rotatable bonds is 7. The minimum atomic E-state index is -3.05. The average molecular weight is 586 g/mol. The van der Waals surface area contributed by atoms with Crippen molar-refractivity contribution >= 4 is 48.5 Å². The van der Waals surface area contributed by atoms with E-state index in [0.29, 0.717) is 0 Å². The fourth-order valence-electron chi connectivity index (χ4n) is 5.35. The van der Waals surface area contributed by atoms with Crippen molar-refractivity contribution in [2.45, 2.75) is 11.5 Å². The molecule has 0 atom stereocenters. The van der Waals surface area contributed by atoms with E-state index >= 15 is 0 Å². The summed E-state index contributed by atoms with van der Waals surface area (Å²) >= 11 is -5.97. The molecule has 0 nitrogen and oxygen atoms in total. The molecule has 0 aliphatic heterocycles. The van der Waals surface area contributed by atoms with E-state index in [9.17, 15) is 0 Å². The van der Waals surface area contributed by atoms with Crippen LogP contribution >= 0.6 is 0 Å². The molecule has 5 aromatic carbocycles. The van der Waals surface area contributed by atoms with Crippen molar-refractivity contribution in [2.24, 2.45) is 0 Å². The second-order valence-corrected chi connectivity index (χ2v) is 26.1. The monoisotopic (exact) mass is 588 g/mol. The van der Waals surface area contributed by atoms with Gasteiger partial charge in [0.1, 0.15) is 0 Å². The molecule has 0 aliphatic rings. The predicted octanol–water partition coefficient (Wildman–Crippen LogP) is 5.93. The van der Waals surface area contributed by atoms with Crippen LogP contribution in [0.3, 0.4) is 0 Å². The first-order chi connectivity index (χ1) is 17.6. The minimum absolute atomic E-state index is 1.36. The third-order valence-corrected chi connectivity index (χ3v) is 26.4. The van der Waals surface area contributed by atoms with Crippen LogP contribution in [0.1, 0.15) is 5.56 Å². The fraction of sp³-hybridized carbons (Fsp3) is 0.0588. The van der Waals surface area contributed by atoms with Crippen LogP contribution in [0.5, 0.6) is 0 Å². The van der Waals surface area contributed by atoms with Crippen molar-refractivity contribution in [1.82, 2.24) is 0 Å². The summed E-state index contributed by atoms with van der Waals surface area (Å²) < 4.78 is 7.52. The fourth-order valence-corrected chi connectivity index (χ4v) is 26.1.